The summed E-state index contributed by atoms with van der Waals surface area (Å²) in [6, 6.07) is 6.45. The predicted octanol–water partition coefficient (Wildman–Crippen LogP) is 2.72. The molecule has 0 aliphatic carbocycles. The van der Waals surface area contributed by atoms with Crippen LogP contribution < -0.4 is 14.8 Å². The monoisotopic (exact) mass is 421 g/mol. The van der Waals surface area contributed by atoms with Crippen LogP contribution in [0, 0.1) is 5.92 Å². The number of nitrogens with one attached hydrogen (secondary N) is 1. The quantitative estimate of drug-likeness (QED) is 0.775. The minimum absolute atomic E-state index is 0.126. The van der Waals surface area contributed by atoms with Crippen molar-refractivity contribution in [3.63, 3.8) is 0 Å². The average molecular weight is 422 g/mol. The maximum Gasteiger partial charge on any atom is 0.272 e. The van der Waals surface area contributed by atoms with Crippen LogP contribution in [0.1, 0.15) is 30.3 Å². The number of benzene rings is 1. The molecule has 1 aromatic heterocycles. The van der Waals surface area contributed by atoms with Gasteiger partial charge in [-0.25, -0.2) is 8.42 Å². The number of piperidine rings is 1. The Kier molecular flexibility index (Phi) is 6.18. The molecule has 2 aromatic rings. The van der Waals surface area contributed by atoms with E-state index in [2.05, 4.69) is 5.32 Å². The molecular weight excluding hydrogens is 394 g/mol. The highest BCUT2D eigenvalue weighted by Gasteiger charge is 2.30. The number of anilines is 1. The molecule has 0 saturated carbocycles. The first-order valence-corrected chi connectivity index (χ1v) is 10.9. The zero-order valence-electron chi connectivity index (χ0n) is 17.1. The van der Waals surface area contributed by atoms with E-state index in [4.69, 9.17) is 9.47 Å². The van der Waals surface area contributed by atoms with Crippen molar-refractivity contribution in [2.45, 2.75) is 24.7 Å². The summed E-state index contributed by atoms with van der Waals surface area (Å²) in [6.45, 7) is 3.06. The molecule has 158 valence electrons. The number of carbonyl (C=O) groups is 1. The molecule has 0 radical (unpaired) electrons. The van der Waals surface area contributed by atoms with Gasteiger partial charge in [-0.1, -0.05) is 6.92 Å². The van der Waals surface area contributed by atoms with Gasteiger partial charge in [0.25, 0.3) is 5.91 Å². The third-order valence-corrected chi connectivity index (χ3v) is 6.96. The van der Waals surface area contributed by atoms with Gasteiger partial charge in [0.2, 0.25) is 10.0 Å². The number of aryl methyl sites for hydroxylation is 1. The van der Waals surface area contributed by atoms with Crippen molar-refractivity contribution in [3.8, 4) is 11.5 Å². The maximum absolute atomic E-state index is 13.0. The van der Waals surface area contributed by atoms with Gasteiger partial charge in [-0.15, -0.1) is 0 Å². The maximum atomic E-state index is 13.0. The van der Waals surface area contributed by atoms with E-state index in [0.717, 1.165) is 12.8 Å². The van der Waals surface area contributed by atoms with Gasteiger partial charge in [0.05, 0.1) is 19.9 Å². The molecule has 0 bridgehead atoms. The Morgan fingerprint density at radius 2 is 1.97 bits per heavy atom. The van der Waals surface area contributed by atoms with Crippen LogP contribution in [-0.4, -0.2) is 50.5 Å². The fourth-order valence-electron chi connectivity index (χ4n) is 3.50. The van der Waals surface area contributed by atoms with E-state index in [1.807, 2.05) is 6.92 Å². The number of methoxy groups -OCH3 is 2. The van der Waals surface area contributed by atoms with Gasteiger partial charge in [0.15, 0.2) is 0 Å². The summed E-state index contributed by atoms with van der Waals surface area (Å²) in [5, 5.41) is 2.77. The molecule has 2 heterocycles. The van der Waals surface area contributed by atoms with Crippen molar-refractivity contribution in [2.75, 3.05) is 32.6 Å². The van der Waals surface area contributed by atoms with Gasteiger partial charge < -0.3 is 19.4 Å². The van der Waals surface area contributed by atoms with Gasteiger partial charge in [-0.05, 0) is 37.0 Å². The normalized spacial score (nSPS) is 17.7. The highest BCUT2D eigenvalue weighted by molar-refractivity contribution is 7.89. The Bertz CT molecular complexity index is 1000. The molecule has 1 N–H and O–H groups in total. The first-order valence-electron chi connectivity index (χ1n) is 9.46. The van der Waals surface area contributed by atoms with E-state index in [1.165, 1.54) is 28.2 Å². The first-order chi connectivity index (χ1) is 13.8. The summed E-state index contributed by atoms with van der Waals surface area (Å²) < 4.78 is 39.5. The molecule has 1 saturated heterocycles. The Morgan fingerprint density at radius 3 is 2.62 bits per heavy atom. The Labute approximate surface area is 171 Å². The summed E-state index contributed by atoms with van der Waals surface area (Å²) in [7, 11) is 1.06. The molecule has 1 atom stereocenters. The topological polar surface area (TPSA) is 89.9 Å². The van der Waals surface area contributed by atoms with E-state index in [9.17, 15) is 13.2 Å². The van der Waals surface area contributed by atoms with E-state index in [1.54, 1.807) is 32.4 Å². The number of sulfonamides is 1. The van der Waals surface area contributed by atoms with Crippen molar-refractivity contribution in [1.29, 1.82) is 0 Å². The lowest BCUT2D eigenvalue weighted by molar-refractivity contribution is 0.101. The molecule has 0 spiro atoms. The van der Waals surface area contributed by atoms with E-state index >= 15 is 0 Å². The molecule has 1 aliphatic heterocycles. The highest BCUT2D eigenvalue weighted by atomic mass is 32.2. The fourth-order valence-corrected chi connectivity index (χ4v) is 5.17. The third-order valence-electron chi connectivity index (χ3n) is 5.13. The molecule has 3 rings (SSSR count). The first kappa shape index (κ1) is 21.2. The second kappa shape index (κ2) is 8.46. The number of amides is 1. The number of carbonyl (C=O) groups excluding carboxylic acids is 1. The summed E-state index contributed by atoms with van der Waals surface area (Å²) in [5.74, 6) is 0.946. The highest BCUT2D eigenvalue weighted by Crippen LogP contribution is 2.30. The Balaban J connectivity index is 1.84. The van der Waals surface area contributed by atoms with E-state index in [-0.39, 0.29) is 10.6 Å². The van der Waals surface area contributed by atoms with Crippen LogP contribution in [0.15, 0.2) is 35.4 Å². The second-order valence-electron chi connectivity index (χ2n) is 7.30. The lowest BCUT2D eigenvalue weighted by atomic mass is 10.0. The third kappa shape index (κ3) is 4.40. The summed E-state index contributed by atoms with van der Waals surface area (Å²) in [6.07, 6.45) is 3.35. The summed E-state index contributed by atoms with van der Waals surface area (Å²) in [4.78, 5) is 12.9. The summed E-state index contributed by atoms with van der Waals surface area (Å²) >= 11 is 0. The smallest absolute Gasteiger partial charge is 0.272 e. The largest absolute Gasteiger partial charge is 0.497 e. The standard InChI is InChI=1S/C20H27N3O5S/c1-14-6-5-9-23(12-14)29(25,26)16-11-18(22(2)13-16)20(24)21-17-8-7-15(27-3)10-19(17)28-4/h7-8,10-11,13-14H,5-6,9,12H2,1-4H3,(H,21,24)/t14-/m1/s1. The number of hydrogen-bond acceptors (Lipinski definition) is 5. The van der Waals surface area contributed by atoms with Crippen LogP contribution in [0.5, 0.6) is 11.5 Å². The van der Waals surface area contributed by atoms with E-state index < -0.39 is 15.9 Å². The van der Waals surface area contributed by atoms with Crippen LogP contribution in [0.3, 0.4) is 0 Å². The molecule has 9 heteroatoms. The number of rotatable bonds is 6. The van der Waals surface area contributed by atoms with Gasteiger partial charge in [0, 0.05) is 32.4 Å². The number of hydrogen-bond donors (Lipinski definition) is 1. The van der Waals surface area contributed by atoms with Crippen molar-refractivity contribution >= 4 is 21.6 Å². The van der Waals surface area contributed by atoms with Crippen molar-refractivity contribution < 1.29 is 22.7 Å². The Morgan fingerprint density at radius 1 is 1.21 bits per heavy atom. The number of nitrogens with zero attached hydrogens (tertiary/aromatic N) is 2. The molecule has 1 amide bonds. The van der Waals surface area contributed by atoms with Crippen LogP contribution in [0.4, 0.5) is 5.69 Å². The van der Waals surface area contributed by atoms with Gasteiger partial charge in [-0.3, -0.25) is 4.79 Å². The molecule has 0 unspecified atom stereocenters. The lowest BCUT2D eigenvalue weighted by Crippen LogP contribution is -2.38. The van der Waals surface area contributed by atoms with Gasteiger partial charge in [0.1, 0.15) is 22.1 Å². The molecule has 8 nitrogen and oxygen atoms in total. The van der Waals surface area contributed by atoms with Gasteiger partial charge in [-0.2, -0.15) is 4.31 Å². The van der Waals surface area contributed by atoms with Crippen LogP contribution in [-0.2, 0) is 17.1 Å². The number of ether oxygens (including phenoxy) is 2. The van der Waals surface area contributed by atoms with Crippen LogP contribution in [0.2, 0.25) is 0 Å². The van der Waals surface area contributed by atoms with Crippen molar-refractivity contribution in [2.24, 2.45) is 13.0 Å². The number of aromatic nitrogens is 1. The van der Waals surface area contributed by atoms with Crippen molar-refractivity contribution in [1.82, 2.24) is 8.87 Å². The molecular formula is C20H27N3O5S. The van der Waals surface area contributed by atoms with E-state index in [0.29, 0.717) is 36.2 Å². The van der Waals surface area contributed by atoms with Crippen LogP contribution >= 0.6 is 0 Å². The van der Waals surface area contributed by atoms with Crippen molar-refractivity contribution in [3.05, 3.63) is 36.2 Å². The van der Waals surface area contributed by atoms with Gasteiger partial charge >= 0.3 is 0 Å². The SMILES string of the molecule is COc1ccc(NC(=O)c2cc(S(=O)(=O)N3CCC[C@@H](C)C3)cn2C)c(OC)c1. The zero-order chi connectivity index (χ0) is 21.2. The molecule has 29 heavy (non-hydrogen) atoms. The fraction of sp³-hybridized carbons (Fsp3) is 0.450. The molecule has 1 aromatic carbocycles. The predicted molar refractivity (Wildman–Crippen MR) is 110 cm³/mol. The Hall–Kier alpha value is -2.52. The minimum atomic E-state index is -3.63. The molecule has 1 aliphatic rings. The lowest BCUT2D eigenvalue weighted by Gasteiger charge is -2.29. The van der Waals surface area contributed by atoms with Crippen LogP contribution in [0.25, 0.3) is 0 Å². The molecule has 1 fully saturated rings. The average Bonchev–Trinajstić information content (AvgIpc) is 3.11. The zero-order valence-corrected chi connectivity index (χ0v) is 18.0. The minimum Gasteiger partial charge on any atom is -0.497 e. The summed E-state index contributed by atoms with van der Waals surface area (Å²) in [5.41, 5.74) is 0.709. The second-order valence-corrected chi connectivity index (χ2v) is 9.24.